The highest BCUT2D eigenvalue weighted by Gasteiger charge is 2.60. The van der Waals surface area contributed by atoms with Crippen molar-refractivity contribution in [2.45, 2.75) is 63.3 Å². The van der Waals surface area contributed by atoms with Crippen molar-refractivity contribution in [3.63, 3.8) is 0 Å². The van der Waals surface area contributed by atoms with Crippen LogP contribution < -0.4 is 15.2 Å². The minimum absolute atomic E-state index is 0.159. The van der Waals surface area contributed by atoms with Gasteiger partial charge in [0.1, 0.15) is 16.9 Å². The number of primary amides is 1. The zero-order valence-corrected chi connectivity index (χ0v) is 26.4. The maximum atomic E-state index is 12.8. The lowest BCUT2D eigenvalue weighted by atomic mass is 9.77. The van der Waals surface area contributed by atoms with Crippen molar-refractivity contribution in [2.75, 3.05) is 47.9 Å². The van der Waals surface area contributed by atoms with E-state index in [0.29, 0.717) is 6.42 Å². The van der Waals surface area contributed by atoms with Crippen molar-refractivity contribution in [1.82, 2.24) is 9.80 Å². The first-order chi connectivity index (χ1) is 21.4. The quantitative estimate of drug-likeness (QED) is 0.323. The molecular formula is C32H41F6N3O5. The molecule has 14 heteroatoms. The predicted molar refractivity (Wildman–Crippen MR) is 159 cm³/mol. The van der Waals surface area contributed by atoms with Crippen LogP contribution in [0, 0.1) is 5.41 Å². The highest BCUT2D eigenvalue weighted by molar-refractivity contribution is 5.82. The van der Waals surface area contributed by atoms with E-state index in [0.717, 1.165) is 52.5 Å². The number of rotatable bonds is 10. The van der Waals surface area contributed by atoms with Crippen molar-refractivity contribution in [3.8, 4) is 11.5 Å². The summed E-state index contributed by atoms with van der Waals surface area (Å²) in [5.74, 6) is -0.365. The Hall–Kier alpha value is -3.52. The Morgan fingerprint density at radius 1 is 1.02 bits per heavy atom. The van der Waals surface area contributed by atoms with Crippen LogP contribution in [0.15, 0.2) is 30.3 Å². The Bertz CT molecular complexity index is 1370. The molecule has 4 rings (SSSR count). The highest BCUT2D eigenvalue weighted by Crippen LogP contribution is 2.48. The molecule has 256 valence electrons. The summed E-state index contributed by atoms with van der Waals surface area (Å²) in [4.78, 5) is 25.0. The maximum Gasteiger partial charge on any atom is 0.403 e. The number of fused-ring (bicyclic) bond motifs is 1. The Kier molecular flexibility index (Phi) is 12.0. The third-order valence-corrected chi connectivity index (χ3v) is 8.60. The van der Waals surface area contributed by atoms with E-state index < -0.39 is 62.1 Å². The summed E-state index contributed by atoms with van der Waals surface area (Å²) in [6.07, 6.45) is -8.12. The number of likely N-dealkylation sites (tertiary alicyclic amines) is 1. The molecule has 3 N–H and O–H groups in total. The summed E-state index contributed by atoms with van der Waals surface area (Å²) in [5, 5.41) is 9.06. The Balaban J connectivity index is 0.000000277. The molecule has 1 saturated heterocycles. The monoisotopic (exact) mass is 661 g/mol. The van der Waals surface area contributed by atoms with E-state index >= 15 is 0 Å². The van der Waals surface area contributed by atoms with Gasteiger partial charge in [-0.3, -0.25) is 14.5 Å². The molecule has 1 fully saturated rings. The average Bonchev–Trinajstić information content (AvgIpc) is 3.39. The molecule has 1 aliphatic heterocycles. The van der Waals surface area contributed by atoms with Gasteiger partial charge in [0.2, 0.25) is 5.91 Å². The summed E-state index contributed by atoms with van der Waals surface area (Å²) in [6, 6.07) is 10.4. The summed E-state index contributed by atoms with van der Waals surface area (Å²) in [5.41, 5.74) is 7.99. The summed E-state index contributed by atoms with van der Waals surface area (Å²) < 4.78 is 86.1. The lowest BCUT2D eigenvalue weighted by Gasteiger charge is -2.40. The molecule has 1 atom stereocenters. The van der Waals surface area contributed by atoms with Gasteiger partial charge in [0, 0.05) is 30.0 Å². The van der Waals surface area contributed by atoms with Gasteiger partial charge in [-0.05, 0) is 82.0 Å². The molecule has 2 aromatic carbocycles. The van der Waals surface area contributed by atoms with Crippen molar-refractivity contribution < 1.29 is 50.5 Å². The number of hydrogen-bond acceptors (Lipinski definition) is 6. The predicted octanol–water partition coefficient (Wildman–Crippen LogP) is 5.54. The number of benzene rings is 2. The lowest BCUT2D eigenvalue weighted by Crippen LogP contribution is -2.56. The number of carboxylic acid groups (broad SMARTS) is 1. The number of nitrogens with two attached hydrogens (primary N) is 1. The van der Waals surface area contributed by atoms with E-state index in [9.17, 15) is 35.9 Å². The van der Waals surface area contributed by atoms with E-state index in [1.54, 1.807) is 14.2 Å². The smallest absolute Gasteiger partial charge is 0.403 e. The Morgan fingerprint density at radius 3 is 2.17 bits per heavy atom. The SMILES string of the molecule is COc1ccc(CN(C)C)c(OC)c1C1CCc2c(CCC(=O)O)cccc21.NC(=O)C1(C(F)(F)F)CCN(CC(F)(F)F)CC1. The third-order valence-electron chi connectivity index (χ3n) is 8.60. The van der Waals surface area contributed by atoms with Crippen LogP contribution in [-0.4, -0.2) is 87.1 Å². The van der Waals surface area contributed by atoms with Gasteiger partial charge in [0.25, 0.3) is 0 Å². The van der Waals surface area contributed by atoms with Gasteiger partial charge >= 0.3 is 18.3 Å². The number of aliphatic carboxylic acids is 1. The van der Waals surface area contributed by atoms with Crippen molar-refractivity contribution in [2.24, 2.45) is 11.1 Å². The minimum atomic E-state index is -4.83. The number of hydrogen-bond donors (Lipinski definition) is 2. The normalized spacial score (nSPS) is 18.0. The average molecular weight is 662 g/mol. The van der Waals surface area contributed by atoms with Gasteiger partial charge in [-0.1, -0.05) is 24.3 Å². The van der Waals surface area contributed by atoms with Crippen LogP contribution >= 0.6 is 0 Å². The molecule has 0 radical (unpaired) electrons. The molecule has 2 aliphatic rings. The second-order valence-electron chi connectivity index (χ2n) is 11.9. The number of ether oxygens (including phenoxy) is 2. The first-order valence-corrected chi connectivity index (χ1v) is 14.8. The number of methoxy groups -OCH3 is 2. The number of alkyl halides is 6. The molecule has 46 heavy (non-hydrogen) atoms. The number of carboxylic acids is 1. The van der Waals surface area contributed by atoms with Crippen LogP contribution in [0.1, 0.15) is 59.4 Å². The topological polar surface area (TPSA) is 105 Å². The molecule has 0 saturated carbocycles. The largest absolute Gasteiger partial charge is 0.496 e. The summed E-state index contributed by atoms with van der Waals surface area (Å²) in [7, 11) is 7.51. The van der Waals surface area contributed by atoms with Gasteiger partial charge in [0.15, 0.2) is 0 Å². The van der Waals surface area contributed by atoms with E-state index in [1.807, 2.05) is 26.2 Å². The Morgan fingerprint density at radius 2 is 1.67 bits per heavy atom. The molecular weight excluding hydrogens is 620 g/mol. The maximum absolute atomic E-state index is 12.8. The first kappa shape index (κ1) is 36.9. The third kappa shape index (κ3) is 8.64. The van der Waals surface area contributed by atoms with Gasteiger partial charge in [-0.25, -0.2) is 0 Å². The lowest BCUT2D eigenvalue weighted by molar-refractivity contribution is -0.234. The second-order valence-corrected chi connectivity index (χ2v) is 11.9. The summed E-state index contributed by atoms with van der Waals surface area (Å²) >= 11 is 0. The number of nitrogens with zero attached hydrogens (tertiary/aromatic N) is 2. The molecule has 1 unspecified atom stereocenters. The molecule has 8 nitrogen and oxygen atoms in total. The second kappa shape index (κ2) is 14.9. The van der Waals surface area contributed by atoms with Crippen LogP contribution in [0.5, 0.6) is 11.5 Å². The highest BCUT2D eigenvalue weighted by atomic mass is 19.4. The molecule has 0 spiro atoms. The van der Waals surface area contributed by atoms with E-state index in [2.05, 4.69) is 23.1 Å². The number of halogens is 6. The Labute approximate surface area is 264 Å². The van der Waals surface area contributed by atoms with Crippen molar-refractivity contribution >= 4 is 11.9 Å². The van der Waals surface area contributed by atoms with Crippen molar-refractivity contribution in [3.05, 3.63) is 58.1 Å². The fourth-order valence-electron chi connectivity index (χ4n) is 6.36. The molecule has 1 heterocycles. The zero-order valence-electron chi connectivity index (χ0n) is 26.4. The minimum Gasteiger partial charge on any atom is -0.496 e. The van der Waals surface area contributed by atoms with E-state index in [-0.39, 0.29) is 12.3 Å². The van der Waals surface area contributed by atoms with Gasteiger partial charge in [0.05, 0.1) is 20.8 Å². The summed E-state index contributed by atoms with van der Waals surface area (Å²) in [6.45, 7) is -1.40. The molecule has 1 aliphatic carbocycles. The number of amides is 1. The fraction of sp³-hybridized carbons (Fsp3) is 0.562. The number of piperidine rings is 1. The first-order valence-electron chi connectivity index (χ1n) is 14.8. The van der Waals surface area contributed by atoms with Crippen LogP contribution in [0.2, 0.25) is 0 Å². The molecule has 2 aromatic rings. The van der Waals surface area contributed by atoms with Crippen LogP contribution in [0.3, 0.4) is 0 Å². The zero-order chi connectivity index (χ0) is 34.4. The van der Waals surface area contributed by atoms with Crippen LogP contribution in [0.25, 0.3) is 0 Å². The van der Waals surface area contributed by atoms with Gasteiger partial charge < -0.3 is 25.2 Å². The van der Waals surface area contributed by atoms with E-state index in [4.69, 9.17) is 20.3 Å². The van der Waals surface area contributed by atoms with Crippen LogP contribution in [-0.2, 0) is 29.0 Å². The van der Waals surface area contributed by atoms with Gasteiger partial charge in [-0.15, -0.1) is 0 Å². The molecule has 0 aromatic heterocycles. The number of carbonyl (C=O) groups excluding carboxylic acids is 1. The van der Waals surface area contributed by atoms with E-state index in [1.165, 1.54) is 11.1 Å². The van der Waals surface area contributed by atoms with Crippen LogP contribution in [0.4, 0.5) is 26.3 Å². The number of carbonyl (C=O) groups is 2. The van der Waals surface area contributed by atoms with Crippen molar-refractivity contribution in [1.29, 1.82) is 0 Å². The molecule has 1 amide bonds. The number of aryl methyl sites for hydroxylation is 1. The standard InChI is InChI=1S/C23H29NO4.C9H12F6N2O/c1-24(2)14-16-8-12-20(27-3)22(23(16)28-4)19-11-10-17-15(9-13-21(25)26)6-5-7-18(17)19;10-8(11,12)5-17-3-1-7(2-4-17,6(16)18)9(13,14)15/h5-8,12,19H,9-11,13-14H2,1-4H3,(H,25,26);1-5H2,(H2,16,18). The molecule has 0 bridgehead atoms. The van der Waals surface area contributed by atoms with Gasteiger partial charge in [-0.2, -0.15) is 26.3 Å². The fourth-order valence-corrected chi connectivity index (χ4v) is 6.36.